The van der Waals surface area contributed by atoms with Crippen molar-refractivity contribution in [3.05, 3.63) is 60.8 Å². The molecule has 17 unspecified atom stereocenters. The number of rotatable bonds is 50. The zero-order valence-corrected chi connectivity index (χ0v) is 52.5. The van der Waals surface area contributed by atoms with Gasteiger partial charge < -0.3 is 89.9 Å². The number of unbranched alkanes of at least 4 members (excludes halogenated alkanes) is 26. The number of amides is 1. The molecule has 0 aromatic carbocycles. The second kappa shape index (κ2) is 49.2. The summed E-state index contributed by atoms with van der Waals surface area (Å²) in [5.74, 6) is -0.305. The molecule has 3 aliphatic heterocycles. The molecule has 0 saturated carbocycles. The van der Waals surface area contributed by atoms with Gasteiger partial charge in [0, 0.05) is 6.42 Å². The van der Waals surface area contributed by atoms with Crippen LogP contribution in [-0.4, -0.2) is 193 Å². The molecule has 1 amide bonds. The Labute approximate surface area is 515 Å². The molecule has 86 heavy (non-hydrogen) atoms. The Balaban J connectivity index is 1.46. The average molecular weight is 1230 g/mol. The summed E-state index contributed by atoms with van der Waals surface area (Å²) >= 11 is 0. The van der Waals surface area contributed by atoms with Crippen molar-refractivity contribution in [1.82, 2.24) is 5.32 Å². The number of hydrogen-bond donors (Lipinski definition) is 12. The number of carbonyl (C=O) groups is 1. The Kier molecular flexibility index (Phi) is 44.5. The highest BCUT2D eigenvalue weighted by Gasteiger charge is 2.53. The lowest BCUT2D eigenvalue weighted by atomic mass is 9.96. The largest absolute Gasteiger partial charge is 0.394 e. The van der Waals surface area contributed by atoms with Gasteiger partial charge in [0.05, 0.1) is 38.6 Å². The Morgan fingerprint density at radius 2 is 0.791 bits per heavy atom. The van der Waals surface area contributed by atoms with E-state index in [1.165, 1.54) is 122 Å². The van der Waals surface area contributed by atoms with Gasteiger partial charge in [0.1, 0.15) is 73.2 Å². The van der Waals surface area contributed by atoms with Crippen molar-refractivity contribution < 1.29 is 89.4 Å². The monoisotopic (exact) mass is 1230 g/mol. The summed E-state index contributed by atoms with van der Waals surface area (Å²) in [5.41, 5.74) is 0. The normalized spacial score (nSPS) is 29.2. The van der Waals surface area contributed by atoms with Gasteiger partial charge in [-0.3, -0.25) is 4.79 Å². The zero-order valence-electron chi connectivity index (χ0n) is 52.5. The molecule has 3 rings (SSSR count). The molecule has 3 heterocycles. The molecule has 500 valence electrons. The minimum atomic E-state index is -1.99. The summed E-state index contributed by atoms with van der Waals surface area (Å²) in [4.78, 5) is 13.3. The molecule has 3 saturated heterocycles. The highest BCUT2D eigenvalue weighted by atomic mass is 16.8. The van der Waals surface area contributed by atoms with Crippen molar-refractivity contribution in [3.8, 4) is 0 Å². The molecule has 3 aliphatic rings. The molecular weight excluding hydrogens is 1110 g/mol. The van der Waals surface area contributed by atoms with Crippen LogP contribution in [0.4, 0.5) is 0 Å². The number of carbonyl (C=O) groups excluding carboxylic acids is 1. The van der Waals surface area contributed by atoms with Crippen molar-refractivity contribution in [2.45, 2.75) is 330 Å². The van der Waals surface area contributed by atoms with Crippen LogP contribution in [0.1, 0.15) is 226 Å². The van der Waals surface area contributed by atoms with Crippen LogP contribution >= 0.6 is 0 Å². The van der Waals surface area contributed by atoms with Crippen LogP contribution in [0.25, 0.3) is 0 Å². The SMILES string of the molecule is CCCC/C=C\C/C=C\CCCCCCCC(=O)NC(COC1OC(CO)C(OC2OC(CO)C(OC3OC(CO)C(O)C(O)C3O)C(O)C2O)C(O)C1O)C(O)/C=C/CC/C=C/CC/C=C/CCCCCCCCCCCCCCCCCCC. The van der Waals surface area contributed by atoms with Crippen LogP contribution in [0.5, 0.6) is 0 Å². The second-order valence-electron chi connectivity index (χ2n) is 23.9. The summed E-state index contributed by atoms with van der Waals surface area (Å²) in [6.45, 7) is 1.65. The molecule has 0 aliphatic carbocycles. The first kappa shape index (κ1) is 77.7. The first-order chi connectivity index (χ1) is 41.8. The quantitative estimate of drug-likeness (QED) is 0.0203. The molecule has 0 bridgehead atoms. The van der Waals surface area contributed by atoms with E-state index in [2.05, 4.69) is 67.8 Å². The van der Waals surface area contributed by atoms with Crippen molar-refractivity contribution in [1.29, 1.82) is 0 Å². The average Bonchev–Trinajstić information content (AvgIpc) is 3.43. The van der Waals surface area contributed by atoms with Crippen molar-refractivity contribution in [2.24, 2.45) is 0 Å². The maximum atomic E-state index is 13.3. The van der Waals surface area contributed by atoms with E-state index in [0.717, 1.165) is 70.6 Å². The van der Waals surface area contributed by atoms with Crippen molar-refractivity contribution in [3.63, 3.8) is 0 Å². The van der Waals surface area contributed by atoms with E-state index in [1.807, 2.05) is 6.08 Å². The molecule has 19 nitrogen and oxygen atoms in total. The first-order valence-corrected chi connectivity index (χ1v) is 33.5. The van der Waals surface area contributed by atoms with Gasteiger partial charge in [-0.25, -0.2) is 0 Å². The van der Waals surface area contributed by atoms with E-state index >= 15 is 0 Å². The van der Waals surface area contributed by atoms with Crippen LogP contribution < -0.4 is 5.32 Å². The molecule has 19 heteroatoms. The van der Waals surface area contributed by atoms with E-state index in [9.17, 15) is 61.0 Å². The third-order valence-corrected chi connectivity index (χ3v) is 16.5. The van der Waals surface area contributed by atoms with Crippen LogP contribution in [0.3, 0.4) is 0 Å². The van der Waals surface area contributed by atoms with E-state index in [0.29, 0.717) is 12.8 Å². The minimum absolute atomic E-state index is 0.213. The van der Waals surface area contributed by atoms with Gasteiger partial charge in [-0.1, -0.05) is 209 Å². The summed E-state index contributed by atoms with van der Waals surface area (Å²) in [5, 5.41) is 120. The summed E-state index contributed by atoms with van der Waals surface area (Å²) in [6.07, 6.45) is 32.1. The predicted octanol–water partition coefficient (Wildman–Crippen LogP) is 7.99. The number of nitrogens with one attached hydrogen (secondary N) is 1. The molecule has 3 fully saturated rings. The Hall–Kier alpha value is -2.51. The number of allylic oxidation sites excluding steroid dienone is 9. The Bertz CT molecular complexity index is 1800. The molecule has 0 spiro atoms. The molecule has 0 radical (unpaired) electrons. The maximum Gasteiger partial charge on any atom is 0.220 e. The van der Waals surface area contributed by atoms with Gasteiger partial charge in [0.25, 0.3) is 0 Å². The summed E-state index contributed by atoms with van der Waals surface area (Å²) in [6, 6.07) is -1.01. The zero-order chi connectivity index (χ0) is 62.6. The molecule has 12 N–H and O–H groups in total. The fraction of sp³-hybridized carbons (Fsp3) is 0.836. The maximum absolute atomic E-state index is 13.3. The van der Waals surface area contributed by atoms with Crippen LogP contribution in [-0.2, 0) is 33.2 Å². The van der Waals surface area contributed by atoms with Gasteiger partial charge in [0.15, 0.2) is 18.9 Å². The molecular formula is C67H119NO18. The summed E-state index contributed by atoms with van der Waals surface area (Å²) < 4.78 is 34.3. The molecule has 0 aromatic rings. The number of aliphatic hydroxyl groups is 11. The van der Waals surface area contributed by atoms with Crippen LogP contribution in [0.2, 0.25) is 0 Å². The second-order valence-corrected chi connectivity index (χ2v) is 23.9. The Morgan fingerprint density at radius 1 is 0.419 bits per heavy atom. The third-order valence-electron chi connectivity index (χ3n) is 16.5. The standard InChI is InChI=1S/C67H119NO18/c1-3-5-7-9-11-13-15-17-19-20-21-22-23-24-25-26-27-28-29-30-31-32-34-36-38-40-42-44-51(72)50(68-55(73)45-43-41-39-37-35-33-18-16-14-12-10-8-6-4-2)49-81-65-61(79)58(76)63(53(47-70)83-65)86-67-62(80)59(77)64(54(48-71)84-67)85-66-60(78)57(75)56(74)52(46-69)82-66/h10,12,16,18,29-30,34,36,42,44,50-54,56-67,69-72,74-80H,3-9,11,13-15,17,19-28,31-33,35,37-41,43,45-49H2,1-2H3,(H,68,73)/b12-10-,18-16-,30-29+,36-34+,44-42+. The van der Waals surface area contributed by atoms with Gasteiger partial charge in [-0.2, -0.15) is 0 Å². The van der Waals surface area contributed by atoms with E-state index < -0.39 is 124 Å². The van der Waals surface area contributed by atoms with E-state index in [4.69, 9.17) is 28.4 Å². The van der Waals surface area contributed by atoms with Crippen LogP contribution in [0.15, 0.2) is 60.8 Å². The van der Waals surface area contributed by atoms with Gasteiger partial charge in [0.2, 0.25) is 5.91 Å². The highest BCUT2D eigenvalue weighted by Crippen LogP contribution is 2.33. The number of hydrogen-bond acceptors (Lipinski definition) is 18. The van der Waals surface area contributed by atoms with Crippen molar-refractivity contribution in [2.75, 3.05) is 26.4 Å². The third kappa shape index (κ3) is 31.5. The number of ether oxygens (including phenoxy) is 6. The fourth-order valence-electron chi connectivity index (χ4n) is 11.0. The van der Waals surface area contributed by atoms with Crippen LogP contribution in [0, 0.1) is 0 Å². The van der Waals surface area contributed by atoms with E-state index in [1.54, 1.807) is 6.08 Å². The van der Waals surface area contributed by atoms with Gasteiger partial charge in [-0.05, 0) is 70.6 Å². The van der Waals surface area contributed by atoms with E-state index in [-0.39, 0.29) is 18.9 Å². The Morgan fingerprint density at radius 3 is 1.27 bits per heavy atom. The topological polar surface area (TPSA) is 307 Å². The fourth-order valence-corrected chi connectivity index (χ4v) is 11.0. The van der Waals surface area contributed by atoms with Gasteiger partial charge >= 0.3 is 0 Å². The van der Waals surface area contributed by atoms with Gasteiger partial charge in [-0.15, -0.1) is 0 Å². The lowest BCUT2D eigenvalue weighted by Gasteiger charge is -2.48. The minimum Gasteiger partial charge on any atom is -0.394 e. The highest BCUT2D eigenvalue weighted by molar-refractivity contribution is 5.76. The first-order valence-electron chi connectivity index (χ1n) is 33.5. The number of aliphatic hydroxyl groups excluding tert-OH is 11. The predicted molar refractivity (Wildman–Crippen MR) is 332 cm³/mol. The molecule has 17 atom stereocenters. The smallest absolute Gasteiger partial charge is 0.220 e. The molecule has 0 aromatic heterocycles. The lowest BCUT2D eigenvalue weighted by molar-refractivity contribution is -0.379. The lowest BCUT2D eigenvalue weighted by Crippen LogP contribution is -2.66. The van der Waals surface area contributed by atoms with Crippen molar-refractivity contribution >= 4 is 5.91 Å². The summed E-state index contributed by atoms with van der Waals surface area (Å²) in [7, 11) is 0.